The number of carbonyl (C=O) groups excluding carboxylic acids is 1. The lowest BCUT2D eigenvalue weighted by Gasteiger charge is -2.26. The summed E-state index contributed by atoms with van der Waals surface area (Å²) in [6.45, 7) is 4.59. The van der Waals surface area contributed by atoms with Crippen LogP contribution in [-0.4, -0.2) is 43.0 Å². The maximum Gasteiger partial charge on any atom is 0.280 e. The van der Waals surface area contributed by atoms with Gasteiger partial charge in [-0.25, -0.2) is 0 Å². The molecule has 0 spiro atoms. The molecule has 0 aromatic heterocycles. The van der Waals surface area contributed by atoms with E-state index in [1.807, 2.05) is 24.3 Å². The Balaban J connectivity index is 0.00000180. The lowest BCUT2D eigenvalue weighted by Crippen LogP contribution is -2.37. The molecular formula is C13H19ClN2O2S. The van der Waals surface area contributed by atoms with Gasteiger partial charge in [-0.15, -0.1) is 12.4 Å². The summed E-state index contributed by atoms with van der Waals surface area (Å²) >= 11 is 3.75. The molecule has 1 aromatic carbocycles. The molecule has 1 fully saturated rings. The molecule has 1 heterocycles. The molecule has 1 N–H and O–H groups in total. The minimum atomic E-state index is -0.325. The van der Waals surface area contributed by atoms with Crippen LogP contribution in [0.3, 0.4) is 0 Å². The van der Waals surface area contributed by atoms with Crippen LogP contribution in [0, 0.1) is 0 Å². The maximum absolute atomic E-state index is 11.0. The zero-order chi connectivity index (χ0) is 12.8. The number of nitrogens with one attached hydrogen (secondary N) is 1. The van der Waals surface area contributed by atoms with Crippen molar-refractivity contribution in [2.45, 2.75) is 6.42 Å². The number of halogens is 1. The minimum Gasteiger partial charge on any atom is -0.379 e. The highest BCUT2D eigenvalue weighted by Crippen LogP contribution is 2.16. The fraction of sp³-hybridized carbons (Fsp3) is 0.462. The summed E-state index contributed by atoms with van der Waals surface area (Å²) in [7, 11) is 0. The van der Waals surface area contributed by atoms with E-state index in [9.17, 15) is 4.79 Å². The van der Waals surface area contributed by atoms with E-state index < -0.39 is 0 Å². The van der Waals surface area contributed by atoms with Gasteiger partial charge in [-0.05, 0) is 18.1 Å². The third-order valence-electron chi connectivity index (χ3n) is 3.06. The van der Waals surface area contributed by atoms with Crippen molar-refractivity contribution in [2.24, 2.45) is 0 Å². The van der Waals surface area contributed by atoms with Gasteiger partial charge >= 0.3 is 0 Å². The Bertz CT molecular complexity index is 411. The Hall–Kier alpha value is -0.750. The topological polar surface area (TPSA) is 41.6 Å². The van der Waals surface area contributed by atoms with Gasteiger partial charge in [0.05, 0.1) is 13.2 Å². The highest BCUT2D eigenvalue weighted by atomic mass is 35.5. The maximum atomic E-state index is 11.0. The van der Waals surface area contributed by atoms with Gasteiger partial charge in [0.2, 0.25) is 0 Å². The number of benzene rings is 1. The van der Waals surface area contributed by atoms with Gasteiger partial charge in [0, 0.05) is 25.3 Å². The summed E-state index contributed by atoms with van der Waals surface area (Å²) in [4.78, 5) is 13.4. The SMILES string of the molecule is Cl.O=C(S)Nc1ccccc1CCN1CCOCC1. The van der Waals surface area contributed by atoms with Gasteiger partial charge in [0.1, 0.15) is 0 Å². The number of hydrogen-bond acceptors (Lipinski definition) is 3. The van der Waals surface area contributed by atoms with Crippen LogP contribution in [0.25, 0.3) is 0 Å². The number of morpholine rings is 1. The van der Waals surface area contributed by atoms with Gasteiger partial charge in [0.25, 0.3) is 5.24 Å². The fourth-order valence-electron chi connectivity index (χ4n) is 2.08. The van der Waals surface area contributed by atoms with Crippen molar-refractivity contribution >= 4 is 36.0 Å². The number of amides is 1. The number of thiol groups is 1. The molecule has 6 heteroatoms. The van der Waals surface area contributed by atoms with Crippen molar-refractivity contribution in [3.8, 4) is 0 Å². The first kappa shape index (κ1) is 16.3. The monoisotopic (exact) mass is 302 g/mol. The minimum absolute atomic E-state index is 0. The zero-order valence-corrected chi connectivity index (χ0v) is 12.4. The van der Waals surface area contributed by atoms with Crippen LogP contribution in [0.2, 0.25) is 0 Å². The molecule has 0 atom stereocenters. The number of para-hydroxylation sites is 1. The van der Waals surface area contributed by atoms with E-state index in [1.54, 1.807) is 0 Å². The Morgan fingerprint density at radius 1 is 1.32 bits per heavy atom. The second kappa shape index (κ2) is 8.43. The Kier molecular flexibility index (Phi) is 7.23. The summed E-state index contributed by atoms with van der Waals surface area (Å²) in [6.07, 6.45) is 0.921. The molecule has 0 saturated carbocycles. The number of hydrogen-bond donors (Lipinski definition) is 2. The molecule has 1 aliphatic rings. The summed E-state index contributed by atoms with van der Waals surface area (Å²) < 4.78 is 5.32. The lowest BCUT2D eigenvalue weighted by atomic mass is 10.1. The molecule has 106 valence electrons. The molecule has 0 radical (unpaired) electrons. The zero-order valence-electron chi connectivity index (χ0n) is 10.7. The van der Waals surface area contributed by atoms with Crippen LogP contribution in [0.15, 0.2) is 24.3 Å². The summed E-state index contributed by atoms with van der Waals surface area (Å²) in [5, 5.41) is 2.42. The summed E-state index contributed by atoms with van der Waals surface area (Å²) in [5.41, 5.74) is 2.00. The predicted octanol–water partition coefficient (Wildman–Crippen LogP) is 2.44. The molecule has 0 bridgehead atoms. The van der Waals surface area contributed by atoms with Crippen LogP contribution < -0.4 is 5.32 Å². The first-order chi connectivity index (χ1) is 8.75. The predicted molar refractivity (Wildman–Crippen MR) is 82.7 cm³/mol. The quantitative estimate of drug-likeness (QED) is 0.840. The number of anilines is 1. The average Bonchev–Trinajstić information content (AvgIpc) is 2.38. The van der Waals surface area contributed by atoms with Crippen molar-refractivity contribution in [3.05, 3.63) is 29.8 Å². The Morgan fingerprint density at radius 2 is 2.00 bits per heavy atom. The Morgan fingerprint density at radius 3 is 2.68 bits per heavy atom. The van der Waals surface area contributed by atoms with Crippen molar-refractivity contribution in [2.75, 3.05) is 38.2 Å². The van der Waals surface area contributed by atoms with Crippen molar-refractivity contribution in [1.29, 1.82) is 0 Å². The van der Waals surface area contributed by atoms with Gasteiger partial charge < -0.3 is 10.1 Å². The van der Waals surface area contributed by atoms with E-state index in [2.05, 4.69) is 22.8 Å². The van der Waals surface area contributed by atoms with E-state index >= 15 is 0 Å². The second-order valence-electron chi connectivity index (χ2n) is 4.29. The molecule has 19 heavy (non-hydrogen) atoms. The van der Waals surface area contributed by atoms with E-state index in [-0.39, 0.29) is 17.6 Å². The second-order valence-corrected chi connectivity index (χ2v) is 4.70. The third-order valence-corrected chi connectivity index (χ3v) is 3.17. The van der Waals surface area contributed by atoms with Gasteiger partial charge in [0.15, 0.2) is 0 Å². The number of rotatable bonds is 4. The first-order valence-corrected chi connectivity index (χ1v) is 6.58. The average molecular weight is 303 g/mol. The van der Waals surface area contributed by atoms with Gasteiger partial charge in [-0.3, -0.25) is 9.69 Å². The number of nitrogens with zero attached hydrogens (tertiary/aromatic N) is 1. The van der Waals surface area contributed by atoms with Gasteiger partial charge in [-0.1, -0.05) is 30.8 Å². The van der Waals surface area contributed by atoms with E-state index in [0.29, 0.717) is 0 Å². The molecule has 0 aliphatic carbocycles. The molecule has 1 saturated heterocycles. The molecule has 1 aromatic rings. The van der Waals surface area contributed by atoms with Crippen molar-refractivity contribution < 1.29 is 9.53 Å². The summed E-state index contributed by atoms with van der Waals surface area (Å²) in [5.74, 6) is 0. The Labute approximate surface area is 125 Å². The lowest BCUT2D eigenvalue weighted by molar-refractivity contribution is 0.0384. The van der Waals surface area contributed by atoms with E-state index in [1.165, 1.54) is 0 Å². The fourth-order valence-corrected chi connectivity index (χ4v) is 2.20. The molecular weight excluding hydrogens is 284 g/mol. The standard InChI is InChI=1S/C13H18N2O2S.ClH/c16-13(18)14-12-4-2-1-3-11(12)5-6-15-7-9-17-10-8-15;/h1-4H,5-10H2,(H2,14,16,18);1H. The van der Waals surface area contributed by atoms with E-state index in [0.717, 1.165) is 50.5 Å². The van der Waals surface area contributed by atoms with Crippen LogP contribution >= 0.6 is 25.0 Å². The van der Waals surface area contributed by atoms with Crippen LogP contribution in [0.1, 0.15) is 5.56 Å². The smallest absolute Gasteiger partial charge is 0.280 e. The van der Waals surface area contributed by atoms with Crippen molar-refractivity contribution in [3.63, 3.8) is 0 Å². The van der Waals surface area contributed by atoms with Crippen LogP contribution in [0.4, 0.5) is 10.5 Å². The summed E-state index contributed by atoms with van der Waals surface area (Å²) in [6, 6.07) is 7.85. The molecule has 1 amide bonds. The molecule has 0 unspecified atom stereocenters. The highest BCUT2D eigenvalue weighted by Gasteiger charge is 2.11. The normalized spacial score (nSPS) is 15.6. The van der Waals surface area contributed by atoms with Crippen LogP contribution in [0.5, 0.6) is 0 Å². The number of carbonyl (C=O) groups is 1. The van der Waals surface area contributed by atoms with Crippen molar-refractivity contribution in [1.82, 2.24) is 4.90 Å². The first-order valence-electron chi connectivity index (χ1n) is 6.13. The molecule has 1 aliphatic heterocycles. The highest BCUT2D eigenvalue weighted by molar-refractivity contribution is 7.96. The third kappa shape index (κ3) is 5.40. The molecule has 4 nitrogen and oxygen atoms in total. The van der Waals surface area contributed by atoms with E-state index in [4.69, 9.17) is 4.74 Å². The largest absolute Gasteiger partial charge is 0.379 e. The van der Waals surface area contributed by atoms with Crippen LogP contribution in [-0.2, 0) is 11.2 Å². The van der Waals surface area contributed by atoms with Gasteiger partial charge in [-0.2, -0.15) is 0 Å². The molecule has 2 rings (SSSR count). The number of ether oxygens (including phenoxy) is 1.